The molecule has 0 spiro atoms. The highest BCUT2D eigenvalue weighted by molar-refractivity contribution is 7.46. The van der Waals surface area contributed by atoms with Crippen LogP contribution in [0.3, 0.4) is 0 Å². The van der Waals surface area contributed by atoms with Crippen molar-refractivity contribution in [2.24, 2.45) is 5.73 Å². The van der Waals surface area contributed by atoms with Gasteiger partial charge in [0.25, 0.3) is 0 Å². The van der Waals surface area contributed by atoms with Crippen molar-refractivity contribution in [3.05, 3.63) is 31.9 Å². The molecule has 1 unspecified atom stereocenters. The van der Waals surface area contributed by atoms with Gasteiger partial charge in [-0.2, -0.15) is 13.2 Å². The number of rotatable bonds is 2. The molecule has 1 aliphatic heterocycles. The van der Waals surface area contributed by atoms with Gasteiger partial charge in [-0.25, -0.2) is 4.79 Å². The predicted octanol–water partition coefficient (Wildman–Crippen LogP) is 1.89. The van der Waals surface area contributed by atoms with Crippen molar-refractivity contribution in [3.8, 4) is 0 Å². The Morgan fingerprint density at radius 2 is 2.05 bits per heavy atom. The Morgan fingerprint density at radius 1 is 1.42 bits per heavy atom. The summed E-state index contributed by atoms with van der Waals surface area (Å²) in [6.07, 6.45) is -3.75. The maximum atomic E-state index is 12.7. The first-order valence-electron chi connectivity index (χ1n) is 4.92. The fourth-order valence-corrected chi connectivity index (χ4v) is 3.33. The lowest BCUT2D eigenvalue weighted by Crippen LogP contribution is -2.26. The number of hydrogen-bond donors (Lipinski definition) is 2. The van der Waals surface area contributed by atoms with E-state index in [1.165, 1.54) is 6.08 Å². The quantitative estimate of drug-likeness (QED) is 0.884. The summed E-state index contributed by atoms with van der Waals surface area (Å²) >= 11 is 0. The van der Waals surface area contributed by atoms with Gasteiger partial charge in [-0.15, -0.1) is 0 Å². The summed E-state index contributed by atoms with van der Waals surface area (Å²) in [4.78, 5) is 32.0. The maximum Gasteiger partial charge on any atom is 0.421 e. The molecule has 3 N–H and O–H groups in total. The molecule has 1 aromatic rings. The molecule has 1 aliphatic carbocycles. The summed E-state index contributed by atoms with van der Waals surface area (Å²) in [6.45, 7) is -0.502. The van der Waals surface area contributed by atoms with Gasteiger partial charge >= 0.3 is 12.3 Å². The molecule has 9 heteroatoms. The summed E-state index contributed by atoms with van der Waals surface area (Å²) in [7, 11) is -2.33. The standard InChI is InChI=1S/C10H7F3NO4P/c11-10(12,13)7-5-2-1-4(8(7)15)6(19(5)17)3-18-9(14)16/h1-2,17H,3H2,(H2,14,16). The molecule has 2 heterocycles. The lowest BCUT2D eigenvalue weighted by molar-refractivity contribution is -0.138. The van der Waals surface area contributed by atoms with Crippen molar-refractivity contribution in [2.75, 3.05) is 0 Å². The first kappa shape index (κ1) is 13.6. The molecule has 2 aliphatic rings. The van der Waals surface area contributed by atoms with Gasteiger partial charge in [0.15, 0.2) is 5.43 Å². The zero-order valence-electron chi connectivity index (χ0n) is 9.19. The van der Waals surface area contributed by atoms with Crippen molar-refractivity contribution < 1.29 is 27.6 Å². The molecule has 1 atom stereocenters. The minimum absolute atomic E-state index is 0.0377. The van der Waals surface area contributed by atoms with Gasteiger partial charge in [-0.05, 0) is 12.2 Å². The van der Waals surface area contributed by atoms with Crippen molar-refractivity contribution in [3.63, 3.8) is 0 Å². The molecule has 19 heavy (non-hydrogen) atoms. The minimum atomic E-state index is -4.83. The first-order valence-corrected chi connectivity index (χ1v) is 6.21. The molecule has 1 aromatic heterocycles. The number of carbonyl (C=O) groups excluding carboxylic acids is 1. The number of primary amides is 1. The Hall–Kier alpha value is -1.79. The van der Waals surface area contributed by atoms with E-state index in [4.69, 9.17) is 5.73 Å². The second-order valence-electron chi connectivity index (χ2n) is 3.70. The van der Waals surface area contributed by atoms with Gasteiger partial charge in [0, 0.05) is 23.9 Å². The number of nitrogens with two attached hydrogens (primary N) is 1. The van der Waals surface area contributed by atoms with Crippen molar-refractivity contribution >= 4 is 26.0 Å². The third kappa shape index (κ3) is 2.24. The molecular formula is C10H7F3NO4P. The Labute approximate surface area is 105 Å². The van der Waals surface area contributed by atoms with E-state index >= 15 is 0 Å². The van der Waals surface area contributed by atoms with Crippen LogP contribution < -0.4 is 11.2 Å². The Morgan fingerprint density at radius 3 is 2.58 bits per heavy atom. The molecule has 0 saturated heterocycles. The van der Waals surface area contributed by atoms with Gasteiger partial charge in [0.05, 0.1) is 0 Å². The van der Waals surface area contributed by atoms with Crippen LogP contribution in [0.4, 0.5) is 18.0 Å². The molecule has 2 bridgehead atoms. The third-order valence-electron chi connectivity index (χ3n) is 2.57. The van der Waals surface area contributed by atoms with Crippen LogP contribution in [-0.4, -0.2) is 11.0 Å². The lowest BCUT2D eigenvalue weighted by Gasteiger charge is -2.20. The highest BCUT2D eigenvalue weighted by atomic mass is 31.1. The lowest BCUT2D eigenvalue weighted by atomic mass is 10.1. The number of amides is 1. The van der Waals surface area contributed by atoms with Gasteiger partial charge < -0.3 is 15.4 Å². The topological polar surface area (TPSA) is 89.6 Å². The fraction of sp³-hybridized carbons (Fsp3) is 0.200. The largest absolute Gasteiger partial charge is 0.444 e. The van der Waals surface area contributed by atoms with Gasteiger partial charge in [-0.1, -0.05) is 0 Å². The van der Waals surface area contributed by atoms with E-state index in [-0.39, 0.29) is 10.9 Å². The average Bonchev–Trinajstić information content (AvgIpc) is 2.27. The Balaban J connectivity index is 2.61. The van der Waals surface area contributed by atoms with Crippen LogP contribution in [0.25, 0.3) is 12.2 Å². The minimum Gasteiger partial charge on any atom is -0.444 e. The number of fused-ring (bicyclic) bond motifs is 2. The molecule has 102 valence electrons. The molecule has 0 aromatic carbocycles. The number of halogens is 3. The van der Waals surface area contributed by atoms with E-state index in [0.29, 0.717) is 0 Å². The van der Waals surface area contributed by atoms with Crippen molar-refractivity contribution in [1.82, 2.24) is 0 Å². The van der Waals surface area contributed by atoms with E-state index < -0.39 is 42.9 Å². The zero-order chi connectivity index (χ0) is 14.4. The summed E-state index contributed by atoms with van der Waals surface area (Å²) in [5.41, 5.74) is 1.86. The molecule has 0 radical (unpaired) electrons. The highest BCUT2D eigenvalue weighted by Crippen LogP contribution is 2.46. The van der Waals surface area contributed by atoms with Crippen molar-refractivity contribution in [1.29, 1.82) is 0 Å². The smallest absolute Gasteiger partial charge is 0.421 e. The monoisotopic (exact) mass is 293 g/mol. The summed E-state index contributed by atoms with van der Waals surface area (Å²) in [5.74, 6) is 0. The van der Waals surface area contributed by atoms with E-state index in [2.05, 4.69) is 4.74 Å². The first-order chi connectivity index (χ1) is 8.73. The SMILES string of the molecule is NC(=O)OCc1c2c(=O)c(C(F)(F)F)c(p1O)C=C2. The molecule has 5 nitrogen and oxygen atoms in total. The number of carbonyl (C=O) groups is 1. The summed E-state index contributed by atoms with van der Waals surface area (Å²) < 4.78 is 42.6. The molecule has 1 amide bonds. The number of hydrogen-bond acceptors (Lipinski definition) is 4. The van der Waals surface area contributed by atoms with Gasteiger partial charge in [-0.3, -0.25) is 4.79 Å². The molecule has 3 rings (SSSR count). The van der Waals surface area contributed by atoms with Crippen LogP contribution in [-0.2, 0) is 17.5 Å². The average molecular weight is 293 g/mol. The van der Waals surface area contributed by atoms with Crippen LogP contribution in [0.15, 0.2) is 4.79 Å². The molecule has 0 fully saturated rings. The Bertz CT molecular complexity index is 648. The van der Waals surface area contributed by atoms with Gasteiger partial charge in [0.1, 0.15) is 12.2 Å². The molecular weight excluding hydrogens is 286 g/mol. The van der Waals surface area contributed by atoms with Crippen LogP contribution in [0.5, 0.6) is 0 Å². The van der Waals surface area contributed by atoms with Crippen LogP contribution >= 0.6 is 7.76 Å². The van der Waals surface area contributed by atoms with Crippen LogP contribution in [0.1, 0.15) is 21.7 Å². The van der Waals surface area contributed by atoms with E-state index in [9.17, 15) is 27.7 Å². The van der Waals surface area contributed by atoms with Crippen molar-refractivity contribution in [2.45, 2.75) is 12.8 Å². The normalized spacial score (nSPS) is 13.8. The maximum absolute atomic E-state index is 12.7. The summed E-state index contributed by atoms with van der Waals surface area (Å²) in [6, 6.07) is 0. The number of ether oxygens (including phenoxy) is 1. The van der Waals surface area contributed by atoms with Crippen LogP contribution in [0, 0.1) is 0 Å². The number of alkyl halides is 3. The van der Waals surface area contributed by atoms with Crippen LogP contribution in [0.2, 0.25) is 0 Å². The predicted molar refractivity (Wildman–Crippen MR) is 61.3 cm³/mol. The third-order valence-corrected chi connectivity index (χ3v) is 4.28. The zero-order valence-corrected chi connectivity index (χ0v) is 10.1. The second-order valence-corrected chi connectivity index (χ2v) is 5.35. The molecule has 0 saturated carbocycles. The Kier molecular flexibility index (Phi) is 3.15. The van der Waals surface area contributed by atoms with E-state index in [1.807, 2.05) is 0 Å². The second kappa shape index (κ2) is 4.40. The van der Waals surface area contributed by atoms with Gasteiger partial charge in [0.2, 0.25) is 0 Å². The summed E-state index contributed by atoms with van der Waals surface area (Å²) in [5, 5.41) is -0.519. The van der Waals surface area contributed by atoms with E-state index in [1.54, 1.807) is 0 Å². The highest BCUT2D eigenvalue weighted by Gasteiger charge is 2.40. The van der Waals surface area contributed by atoms with E-state index in [0.717, 1.165) is 6.08 Å². The fourth-order valence-electron chi connectivity index (χ4n) is 1.79.